The van der Waals surface area contributed by atoms with Crippen molar-refractivity contribution in [3.63, 3.8) is 0 Å². The van der Waals surface area contributed by atoms with E-state index in [-0.39, 0.29) is 0 Å². The first kappa shape index (κ1) is 13.1. The van der Waals surface area contributed by atoms with Crippen molar-refractivity contribution in [2.45, 2.75) is 26.8 Å². The van der Waals surface area contributed by atoms with Gasteiger partial charge in [0.05, 0.1) is 5.01 Å². The molecule has 0 bridgehead atoms. The van der Waals surface area contributed by atoms with Crippen molar-refractivity contribution in [3.05, 3.63) is 45.4 Å². The molecule has 1 aromatic heterocycles. The third-order valence-electron chi connectivity index (χ3n) is 2.85. The van der Waals surface area contributed by atoms with E-state index in [0.717, 1.165) is 36.5 Å². The number of nitrogens with two attached hydrogens (primary N) is 1. The predicted molar refractivity (Wildman–Crippen MR) is 77.9 cm³/mol. The van der Waals surface area contributed by atoms with E-state index in [1.165, 1.54) is 10.6 Å². The van der Waals surface area contributed by atoms with Crippen molar-refractivity contribution in [1.29, 1.82) is 0 Å². The largest absolute Gasteiger partial charge is 0.399 e. The van der Waals surface area contributed by atoms with Crippen LogP contribution in [0.15, 0.2) is 23.6 Å². The highest BCUT2D eigenvalue weighted by molar-refractivity contribution is 7.09. The summed E-state index contributed by atoms with van der Waals surface area (Å²) < 4.78 is 0. The van der Waals surface area contributed by atoms with Gasteiger partial charge in [-0.25, -0.2) is 4.98 Å². The number of thiazole rings is 1. The van der Waals surface area contributed by atoms with Crippen LogP contribution in [0.5, 0.6) is 0 Å². The van der Waals surface area contributed by atoms with Crippen molar-refractivity contribution >= 4 is 17.0 Å². The highest BCUT2D eigenvalue weighted by Gasteiger charge is 1.99. The van der Waals surface area contributed by atoms with Crippen molar-refractivity contribution in [1.82, 2.24) is 10.3 Å². The SMILES string of the molecule is Cc1csc(CCNCc2ccc(C)c(N)c2)n1. The van der Waals surface area contributed by atoms with Crippen LogP contribution in [0.25, 0.3) is 0 Å². The molecule has 2 aromatic rings. The lowest BCUT2D eigenvalue weighted by molar-refractivity contribution is 0.685. The van der Waals surface area contributed by atoms with Gasteiger partial charge in [0.2, 0.25) is 0 Å². The molecule has 0 atom stereocenters. The minimum absolute atomic E-state index is 0.856. The second-order valence-corrected chi connectivity index (χ2v) is 5.44. The molecule has 96 valence electrons. The van der Waals surface area contributed by atoms with Gasteiger partial charge in [0.1, 0.15) is 0 Å². The van der Waals surface area contributed by atoms with Crippen LogP contribution >= 0.6 is 11.3 Å². The topological polar surface area (TPSA) is 50.9 Å². The maximum Gasteiger partial charge on any atom is 0.0940 e. The Balaban J connectivity index is 1.76. The molecule has 0 spiro atoms. The number of aromatic nitrogens is 1. The molecule has 4 heteroatoms. The van der Waals surface area contributed by atoms with Gasteiger partial charge in [-0.3, -0.25) is 0 Å². The van der Waals surface area contributed by atoms with Gasteiger partial charge in [0.25, 0.3) is 0 Å². The summed E-state index contributed by atoms with van der Waals surface area (Å²) in [6.07, 6.45) is 0.986. The fourth-order valence-electron chi connectivity index (χ4n) is 1.75. The lowest BCUT2D eigenvalue weighted by Crippen LogP contribution is -2.16. The van der Waals surface area contributed by atoms with Gasteiger partial charge >= 0.3 is 0 Å². The number of nitrogens with zero attached hydrogens (tertiary/aromatic N) is 1. The monoisotopic (exact) mass is 261 g/mol. The van der Waals surface area contributed by atoms with Gasteiger partial charge < -0.3 is 11.1 Å². The smallest absolute Gasteiger partial charge is 0.0940 e. The number of nitrogens with one attached hydrogen (secondary N) is 1. The second-order valence-electron chi connectivity index (χ2n) is 4.50. The molecule has 1 heterocycles. The lowest BCUT2D eigenvalue weighted by atomic mass is 10.1. The third-order valence-corrected chi connectivity index (χ3v) is 3.88. The van der Waals surface area contributed by atoms with E-state index < -0.39 is 0 Å². The summed E-state index contributed by atoms with van der Waals surface area (Å²) >= 11 is 1.73. The molecule has 0 aliphatic carbocycles. The molecule has 2 rings (SSSR count). The Bertz CT molecular complexity index is 520. The van der Waals surface area contributed by atoms with E-state index in [0.29, 0.717) is 0 Å². The van der Waals surface area contributed by atoms with E-state index in [2.05, 4.69) is 27.8 Å². The summed E-state index contributed by atoms with van der Waals surface area (Å²) in [7, 11) is 0. The zero-order chi connectivity index (χ0) is 13.0. The van der Waals surface area contributed by atoms with Crippen molar-refractivity contribution in [3.8, 4) is 0 Å². The number of nitrogen functional groups attached to an aromatic ring is 1. The van der Waals surface area contributed by atoms with Crippen LogP contribution in [0.1, 0.15) is 21.8 Å². The second kappa shape index (κ2) is 5.98. The zero-order valence-corrected chi connectivity index (χ0v) is 11.7. The molecule has 0 fully saturated rings. The Kier molecular flexibility index (Phi) is 4.33. The Labute approximate surface area is 112 Å². The fourth-order valence-corrected chi connectivity index (χ4v) is 2.52. The summed E-state index contributed by atoms with van der Waals surface area (Å²) in [4.78, 5) is 4.44. The van der Waals surface area contributed by atoms with Gasteiger partial charge in [0, 0.05) is 36.3 Å². The van der Waals surface area contributed by atoms with Crippen LogP contribution in [0, 0.1) is 13.8 Å². The van der Waals surface area contributed by atoms with Crippen LogP contribution in [0.2, 0.25) is 0 Å². The summed E-state index contributed by atoms with van der Waals surface area (Å²) in [6, 6.07) is 6.22. The third kappa shape index (κ3) is 3.55. The number of aryl methyl sites for hydroxylation is 2. The van der Waals surface area contributed by atoms with E-state index in [4.69, 9.17) is 5.73 Å². The molecule has 3 N–H and O–H groups in total. The van der Waals surface area contributed by atoms with Crippen LogP contribution in [-0.2, 0) is 13.0 Å². The maximum absolute atomic E-state index is 5.88. The Morgan fingerprint density at radius 2 is 2.17 bits per heavy atom. The number of hydrogen-bond donors (Lipinski definition) is 2. The summed E-state index contributed by atoms with van der Waals surface area (Å²) in [5.41, 5.74) is 10.2. The van der Waals surface area contributed by atoms with Gasteiger partial charge in [-0.15, -0.1) is 11.3 Å². The molecule has 0 aliphatic rings. The summed E-state index contributed by atoms with van der Waals surface area (Å²) in [5, 5.41) is 6.71. The van der Waals surface area contributed by atoms with Crippen LogP contribution in [0.3, 0.4) is 0 Å². The molecule has 0 saturated carbocycles. The molecule has 0 unspecified atom stereocenters. The van der Waals surface area contributed by atoms with Crippen molar-refractivity contribution < 1.29 is 0 Å². The average molecular weight is 261 g/mol. The van der Waals surface area contributed by atoms with Crippen molar-refractivity contribution in [2.75, 3.05) is 12.3 Å². The minimum atomic E-state index is 0.856. The molecule has 0 saturated heterocycles. The highest BCUT2D eigenvalue weighted by atomic mass is 32.1. The van der Waals surface area contributed by atoms with Gasteiger partial charge in [-0.05, 0) is 31.0 Å². The molecular weight excluding hydrogens is 242 g/mol. The highest BCUT2D eigenvalue weighted by Crippen LogP contribution is 2.13. The number of benzene rings is 1. The van der Waals surface area contributed by atoms with E-state index >= 15 is 0 Å². The number of rotatable bonds is 5. The Hall–Kier alpha value is -1.39. The van der Waals surface area contributed by atoms with Gasteiger partial charge in [0.15, 0.2) is 0 Å². The van der Waals surface area contributed by atoms with Crippen LogP contribution in [-0.4, -0.2) is 11.5 Å². The molecular formula is C14H19N3S. The quantitative estimate of drug-likeness (QED) is 0.642. The maximum atomic E-state index is 5.88. The number of hydrogen-bond acceptors (Lipinski definition) is 4. The van der Waals surface area contributed by atoms with E-state index in [1.807, 2.05) is 19.9 Å². The minimum Gasteiger partial charge on any atom is -0.399 e. The zero-order valence-electron chi connectivity index (χ0n) is 10.9. The average Bonchev–Trinajstić information content (AvgIpc) is 2.75. The molecule has 0 amide bonds. The molecule has 3 nitrogen and oxygen atoms in total. The van der Waals surface area contributed by atoms with Crippen LogP contribution < -0.4 is 11.1 Å². The van der Waals surface area contributed by atoms with E-state index in [9.17, 15) is 0 Å². The summed E-state index contributed by atoms with van der Waals surface area (Å²) in [5.74, 6) is 0. The van der Waals surface area contributed by atoms with Crippen LogP contribution in [0.4, 0.5) is 5.69 Å². The first-order valence-corrected chi connectivity index (χ1v) is 7.00. The van der Waals surface area contributed by atoms with E-state index in [1.54, 1.807) is 11.3 Å². The fraction of sp³-hybridized carbons (Fsp3) is 0.357. The van der Waals surface area contributed by atoms with Gasteiger partial charge in [-0.2, -0.15) is 0 Å². The molecule has 0 aliphatic heterocycles. The van der Waals surface area contributed by atoms with Crippen molar-refractivity contribution in [2.24, 2.45) is 0 Å². The Morgan fingerprint density at radius 1 is 1.33 bits per heavy atom. The lowest BCUT2D eigenvalue weighted by Gasteiger charge is -2.06. The standard InChI is InChI=1S/C14H19N3S/c1-10-3-4-12(7-13(10)15)8-16-6-5-14-17-11(2)9-18-14/h3-4,7,9,16H,5-6,8,15H2,1-2H3. The Morgan fingerprint density at radius 3 is 2.83 bits per heavy atom. The van der Waals surface area contributed by atoms with Gasteiger partial charge in [-0.1, -0.05) is 12.1 Å². The molecule has 1 aromatic carbocycles. The summed E-state index contributed by atoms with van der Waals surface area (Å²) in [6.45, 7) is 5.86. The molecule has 18 heavy (non-hydrogen) atoms. The first-order chi connectivity index (χ1) is 8.65. The molecule has 0 radical (unpaired) electrons. The first-order valence-electron chi connectivity index (χ1n) is 6.12. The normalized spacial score (nSPS) is 10.8. The number of anilines is 1. The predicted octanol–water partition coefficient (Wildman–Crippen LogP) is 2.67.